The van der Waals surface area contributed by atoms with E-state index in [1.54, 1.807) is 6.20 Å². The average molecular weight is 233 g/mol. The second-order valence-corrected chi connectivity index (χ2v) is 4.67. The predicted octanol–water partition coefficient (Wildman–Crippen LogP) is 2.92. The fourth-order valence-electron chi connectivity index (χ4n) is 2.18. The van der Waals surface area contributed by atoms with E-state index in [1.165, 1.54) is 0 Å². The largest absolute Gasteiger partial charge is 0.378 e. The van der Waals surface area contributed by atoms with Crippen LogP contribution < -0.4 is 0 Å². The van der Waals surface area contributed by atoms with Crippen LogP contribution in [-0.2, 0) is 4.74 Å². The molecule has 92 valence electrons. The molecule has 1 aliphatic rings. The molecular formula is C14H19NO2. The Balaban J connectivity index is 1.77. The summed E-state index contributed by atoms with van der Waals surface area (Å²) in [5, 5.41) is 0. The molecule has 3 nitrogen and oxygen atoms in total. The third kappa shape index (κ3) is 3.63. The molecule has 1 saturated heterocycles. The highest BCUT2D eigenvalue weighted by molar-refractivity contribution is 5.94. The van der Waals surface area contributed by atoms with Gasteiger partial charge in [0.2, 0.25) is 0 Å². The number of aromatic nitrogens is 1. The molecule has 1 fully saturated rings. The maximum absolute atomic E-state index is 11.9. The number of hydrogen-bond acceptors (Lipinski definition) is 3. The van der Waals surface area contributed by atoms with Gasteiger partial charge in [-0.15, -0.1) is 0 Å². The first-order chi connectivity index (χ1) is 8.25. The zero-order valence-electron chi connectivity index (χ0n) is 10.3. The van der Waals surface area contributed by atoms with Gasteiger partial charge in [-0.05, 0) is 50.3 Å². The molecule has 1 unspecified atom stereocenters. The van der Waals surface area contributed by atoms with Crippen molar-refractivity contribution < 1.29 is 9.53 Å². The fraction of sp³-hybridized carbons (Fsp3) is 0.571. The number of nitrogens with zero attached hydrogens (tertiary/aromatic N) is 1. The third-order valence-corrected chi connectivity index (χ3v) is 3.16. The van der Waals surface area contributed by atoms with Gasteiger partial charge < -0.3 is 4.74 Å². The summed E-state index contributed by atoms with van der Waals surface area (Å²) in [5.41, 5.74) is 1.68. The van der Waals surface area contributed by atoms with E-state index in [1.807, 2.05) is 19.1 Å². The molecule has 0 spiro atoms. The third-order valence-electron chi connectivity index (χ3n) is 3.16. The number of carbonyl (C=O) groups is 1. The molecule has 17 heavy (non-hydrogen) atoms. The lowest BCUT2D eigenvalue weighted by Gasteiger charge is -2.08. The SMILES string of the molecule is Cc1ccnc(C(=O)CCCC2CCCO2)c1. The van der Waals surface area contributed by atoms with Crippen molar-refractivity contribution in [1.82, 2.24) is 4.98 Å². The van der Waals surface area contributed by atoms with Gasteiger partial charge in [0.05, 0.1) is 6.10 Å². The monoisotopic (exact) mass is 233 g/mol. The summed E-state index contributed by atoms with van der Waals surface area (Å²) in [4.78, 5) is 16.0. The predicted molar refractivity (Wildman–Crippen MR) is 66.1 cm³/mol. The number of rotatable bonds is 5. The van der Waals surface area contributed by atoms with Crippen LogP contribution in [0, 0.1) is 6.92 Å². The van der Waals surface area contributed by atoms with Gasteiger partial charge >= 0.3 is 0 Å². The van der Waals surface area contributed by atoms with E-state index in [0.717, 1.165) is 37.9 Å². The minimum absolute atomic E-state index is 0.145. The zero-order chi connectivity index (χ0) is 12.1. The van der Waals surface area contributed by atoms with E-state index in [4.69, 9.17) is 4.74 Å². The second kappa shape index (κ2) is 5.92. The summed E-state index contributed by atoms with van der Waals surface area (Å²) in [6, 6.07) is 3.76. The summed E-state index contributed by atoms with van der Waals surface area (Å²) < 4.78 is 5.53. The number of aryl methyl sites for hydroxylation is 1. The number of hydrogen-bond donors (Lipinski definition) is 0. The highest BCUT2D eigenvalue weighted by Gasteiger charge is 2.16. The average Bonchev–Trinajstić information content (AvgIpc) is 2.82. The van der Waals surface area contributed by atoms with E-state index < -0.39 is 0 Å². The molecule has 2 rings (SSSR count). The minimum Gasteiger partial charge on any atom is -0.378 e. The van der Waals surface area contributed by atoms with Crippen LogP contribution in [0.25, 0.3) is 0 Å². The first kappa shape index (κ1) is 12.2. The molecule has 3 heteroatoms. The Morgan fingerprint density at radius 2 is 2.47 bits per heavy atom. The second-order valence-electron chi connectivity index (χ2n) is 4.67. The maximum atomic E-state index is 11.9. The molecular weight excluding hydrogens is 214 g/mol. The van der Waals surface area contributed by atoms with Gasteiger partial charge in [-0.3, -0.25) is 9.78 Å². The van der Waals surface area contributed by atoms with E-state index in [9.17, 15) is 4.79 Å². The van der Waals surface area contributed by atoms with Crippen molar-refractivity contribution in [3.05, 3.63) is 29.6 Å². The minimum atomic E-state index is 0.145. The van der Waals surface area contributed by atoms with Gasteiger partial charge in [-0.2, -0.15) is 0 Å². The lowest BCUT2D eigenvalue weighted by molar-refractivity contribution is 0.0919. The number of carbonyl (C=O) groups excluding carboxylic acids is 1. The molecule has 1 aliphatic heterocycles. The van der Waals surface area contributed by atoms with Gasteiger partial charge in [0.1, 0.15) is 5.69 Å². The maximum Gasteiger partial charge on any atom is 0.181 e. The summed E-state index contributed by atoms with van der Waals surface area (Å²) in [5.74, 6) is 0.145. The van der Waals surface area contributed by atoms with Crippen molar-refractivity contribution in [2.45, 2.75) is 45.1 Å². The van der Waals surface area contributed by atoms with Crippen molar-refractivity contribution in [3.8, 4) is 0 Å². The van der Waals surface area contributed by atoms with Crippen LogP contribution in [0.5, 0.6) is 0 Å². The van der Waals surface area contributed by atoms with Gasteiger partial charge in [-0.1, -0.05) is 0 Å². The molecule has 0 aliphatic carbocycles. The first-order valence-electron chi connectivity index (χ1n) is 6.33. The van der Waals surface area contributed by atoms with Crippen molar-refractivity contribution >= 4 is 5.78 Å². The number of ether oxygens (including phenoxy) is 1. The van der Waals surface area contributed by atoms with Crippen LogP contribution in [0.3, 0.4) is 0 Å². The number of ketones is 1. The van der Waals surface area contributed by atoms with Crippen molar-refractivity contribution in [2.24, 2.45) is 0 Å². The van der Waals surface area contributed by atoms with Crippen LogP contribution in [0.2, 0.25) is 0 Å². The molecule has 0 aromatic carbocycles. The topological polar surface area (TPSA) is 39.2 Å². The molecule has 0 radical (unpaired) electrons. The van der Waals surface area contributed by atoms with Gasteiger partial charge in [0, 0.05) is 19.2 Å². The van der Waals surface area contributed by atoms with E-state index >= 15 is 0 Å². The summed E-state index contributed by atoms with van der Waals surface area (Å²) >= 11 is 0. The summed E-state index contributed by atoms with van der Waals surface area (Å²) in [7, 11) is 0. The standard InChI is InChI=1S/C14H19NO2/c1-11-7-8-15-13(10-11)14(16)6-2-4-12-5-3-9-17-12/h7-8,10,12H,2-6,9H2,1H3. The lowest BCUT2D eigenvalue weighted by atomic mass is 10.1. The highest BCUT2D eigenvalue weighted by Crippen LogP contribution is 2.18. The molecule has 1 atom stereocenters. The molecule has 1 aromatic heterocycles. The summed E-state index contributed by atoms with van der Waals surface area (Å²) in [6.07, 6.45) is 6.87. The Labute approximate surface area is 102 Å². The number of pyridine rings is 1. The van der Waals surface area contributed by atoms with E-state index in [0.29, 0.717) is 18.2 Å². The lowest BCUT2D eigenvalue weighted by Crippen LogP contribution is -2.07. The van der Waals surface area contributed by atoms with Crippen LogP contribution in [0.1, 0.15) is 48.2 Å². The number of Topliss-reactive ketones (excluding diaryl/α,β-unsaturated/α-hetero) is 1. The highest BCUT2D eigenvalue weighted by atomic mass is 16.5. The van der Waals surface area contributed by atoms with Gasteiger partial charge in [0.15, 0.2) is 5.78 Å². The Morgan fingerprint density at radius 3 is 3.18 bits per heavy atom. The molecule has 2 heterocycles. The van der Waals surface area contributed by atoms with E-state index in [-0.39, 0.29) is 5.78 Å². The summed E-state index contributed by atoms with van der Waals surface area (Å²) in [6.45, 7) is 2.86. The normalized spacial score (nSPS) is 19.5. The molecule has 0 saturated carbocycles. The van der Waals surface area contributed by atoms with Gasteiger partial charge in [-0.25, -0.2) is 0 Å². The molecule has 0 amide bonds. The van der Waals surface area contributed by atoms with Crippen LogP contribution in [0.15, 0.2) is 18.3 Å². The fourth-order valence-corrected chi connectivity index (χ4v) is 2.18. The van der Waals surface area contributed by atoms with Crippen molar-refractivity contribution in [2.75, 3.05) is 6.61 Å². The smallest absolute Gasteiger partial charge is 0.181 e. The first-order valence-corrected chi connectivity index (χ1v) is 6.33. The Morgan fingerprint density at radius 1 is 1.59 bits per heavy atom. The van der Waals surface area contributed by atoms with Crippen molar-refractivity contribution in [3.63, 3.8) is 0 Å². The zero-order valence-corrected chi connectivity index (χ0v) is 10.3. The van der Waals surface area contributed by atoms with Gasteiger partial charge in [0.25, 0.3) is 0 Å². The van der Waals surface area contributed by atoms with E-state index in [2.05, 4.69) is 4.98 Å². The Hall–Kier alpha value is -1.22. The molecule has 1 aromatic rings. The van der Waals surface area contributed by atoms with Crippen LogP contribution >= 0.6 is 0 Å². The molecule has 0 N–H and O–H groups in total. The van der Waals surface area contributed by atoms with Crippen molar-refractivity contribution in [1.29, 1.82) is 0 Å². The van der Waals surface area contributed by atoms with Crippen LogP contribution in [-0.4, -0.2) is 23.5 Å². The Bertz CT molecular complexity index is 384. The van der Waals surface area contributed by atoms with Crippen LogP contribution in [0.4, 0.5) is 0 Å². The molecule has 0 bridgehead atoms. The Kier molecular flexibility index (Phi) is 4.26. The quantitative estimate of drug-likeness (QED) is 0.734.